The number of carbonyl (C=O) groups excluding carboxylic acids is 1. The van der Waals surface area contributed by atoms with Crippen LogP contribution in [0, 0.1) is 13.8 Å². The van der Waals surface area contributed by atoms with Gasteiger partial charge >= 0.3 is 0 Å². The SMILES string of the molecule is CCCCCCn1c(C)cc(=O)c(C(=O)Nc2ccccc2Cl)c1-c1cccc(C)c1. The van der Waals surface area contributed by atoms with Crippen LogP contribution in [-0.4, -0.2) is 10.5 Å². The summed E-state index contributed by atoms with van der Waals surface area (Å²) in [6.07, 6.45) is 4.41. The van der Waals surface area contributed by atoms with Gasteiger partial charge in [-0.1, -0.05) is 73.7 Å². The predicted octanol–water partition coefficient (Wildman–Crippen LogP) is 6.62. The maximum absolute atomic E-state index is 13.3. The number of rotatable bonds is 8. The molecule has 0 fully saturated rings. The molecule has 0 saturated heterocycles. The number of carbonyl (C=O) groups is 1. The van der Waals surface area contributed by atoms with Crippen molar-refractivity contribution in [1.29, 1.82) is 0 Å². The van der Waals surface area contributed by atoms with Crippen molar-refractivity contribution in [3.8, 4) is 11.3 Å². The molecule has 0 atom stereocenters. The van der Waals surface area contributed by atoms with Gasteiger partial charge in [0.15, 0.2) is 5.43 Å². The van der Waals surface area contributed by atoms with Gasteiger partial charge in [0.2, 0.25) is 0 Å². The average Bonchev–Trinajstić information content (AvgIpc) is 2.73. The summed E-state index contributed by atoms with van der Waals surface area (Å²) in [6, 6.07) is 16.5. The van der Waals surface area contributed by atoms with E-state index >= 15 is 0 Å². The molecular weight excluding hydrogens is 408 g/mol. The molecule has 3 aromatic rings. The van der Waals surface area contributed by atoms with E-state index in [1.54, 1.807) is 30.3 Å². The van der Waals surface area contributed by atoms with E-state index in [0.717, 1.165) is 42.6 Å². The Labute approximate surface area is 188 Å². The molecule has 0 unspecified atom stereocenters. The fraction of sp³-hybridized carbons (Fsp3) is 0.308. The van der Waals surface area contributed by atoms with Crippen molar-refractivity contribution in [3.63, 3.8) is 0 Å². The van der Waals surface area contributed by atoms with Gasteiger partial charge in [0.05, 0.1) is 16.4 Å². The van der Waals surface area contributed by atoms with Crippen molar-refractivity contribution in [3.05, 3.63) is 86.7 Å². The lowest BCUT2D eigenvalue weighted by atomic mass is 10.0. The lowest BCUT2D eigenvalue weighted by molar-refractivity contribution is 0.102. The van der Waals surface area contributed by atoms with E-state index in [1.165, 1.54) is 6.42 Å². The molecule has 162 valence electrons. The van der Waals surface area contributed by atoms with Gasteiger partial charge in [-0.2, -0.15) is 0 Å². The van der Waals surface area contributed by atoms with Gasteiger partial charge in [0.1, 0.15) is 5.56 Å². The molecule has 3 rings (SSSR count). The molecule has 0 aliphatic rings. The Morgan fingerprint density at radius 3 is 2.48 bits per heavy atom. The molecule has 1 N–H and O–H groups in total. The zero-order chi connectivity index (χ0) is 22.4. The second kappa shape index (κ2) is 10.5. The molecule has 4 nitrogen and oxygen atoms in total. The number of aryl methyl sites for hydroxylation is 2. The molecule has 0 aliphatic carbocycles. The number of nitrogens with one attached hydrogen (secondary N) is 1. The molecular formula is C26H29ClN2O2. The van der Waals surface area contributed by atoms with Crippen molar-refractivity contribution in [2.45, 2.75) is 53.0 Å². The summed E-state index contributed by atoms with van der Waals surface area (Å²) in [7, 11) is 0. The Bertz CT molecular complexity index is 1130. The molecule has 2 aromatic carbocycles. The van der Waals surface area contributed by atoms with Crippen molar-refractivity contribution >= 4 is 23.2 Å². The monoisotopic (exact) mass is 436 g/mol. The molecule has 0 bridgehead atoms. The second-order valence-electron chi connectivity index (χ2n) is 7.89. The maximum Gasteiger partial charge on any atom is 0.261 e. The van der Waals surface area contributed by atoms with E-state index in [2.05, 4.69) is 16.8 Å². The Hall–Kier alpha value is -2.85. The molecule has 0 spiro atoms. The minimum Gasteiger partial charge on any atom is -0.344 e. The van der Waals surface area contributed by atoms with Crippen molar-refractivity contribution < 1.29 is 4.79 Å². The van der Waals surface area contributed by atoms with Crippen LogP contribution < -0.4 is 10.7 Å². The largest absolute Gasteiger partial charge is 0.344 e. The molecule has 0 radical (unpaired) electrons. The average molecular weight is 437 g/mol. The number of amides is 1. The van der Waals surface area contributed by atoms with Crippen LogP contribution in [0.25, 0.3) is 11.3 Å². The van der Waals surface area contributed by atoms with E-state index in [9.17, 15) is 9.59 Å². The Morgan fingerprint density at radius 2 is 1.77 bits per heavy atom. The molecule has 31 heavy (non-hydrogen) atoms. The minimum atomic E-state index is -0.447. The number of hydrogen-bond acceptors (Lipinski definition) is 2. The summed E-state index contributed by atoms with van der Waals surface area (Å²) in [5.74, 6) is -0.447. The lowest BCUT2D eigenvalue weighted by Crippen LogP contribution is -2.27. The minimum absolute atomic E-state index is 0.145. The first-order valence-corrected chi connectivity index (χ1v) is 11.2. The standard InChI is InChI=1S/C26H29ClN2O2/c1-4-5-6-9-15-29-19(3)17-23(30)24(25(29)20-12-10-11-18(2)16-20)26(31)28-22-14-8-7-13-21(22)27/h7-8,10-14,16-17H,4-6,9,15H2,1-3H3,(H,28,31). The number of nitrogens with zero attached hydrogens (tertiary/aromatic N) is 1. The van der Waals surface area contributed by atoms with Gasteiger partial charge in [-0.05, 0) is 44.0 Å². The number of anilines is 1. The number of hydrogen-bond donors (Lipinski definition) is 1. The summed E-state index contributed by atoms with van der Waals surface area (Å²) in [5, 5.41) is 3.26. The Morgan fingerprint density at radius 1 is 1.00 bits per heavy atom. The van der Waals surface area contributed by atoms with Crippen LogP contribution in [0.1, 0.15) is 54.2 Å². The fourth-order valence-electron chi connectivity index (χ4n) is 3.81. The molecule has 1 heterocycles. The first-order valence-electron chi connectivity index (χ1n) is 10.8. The third-order valence-electron chi connectivity index (χ3n) is 5.39. The van der Waals surface area contributed by atoms with E-state index in [-0.39, 0.29) is 11.0 Å². The van der Waals surface area contributed by atoms with Crippen LogP contribution in [0.2, 0.25) is 5.02 Å². The third kappa shape index (κ3) is 5.45. The first-order chi connectivity index (χ1) is 14.9. The van der Waals surface area contributed by atoms with Gasteiger partial charge < -0.3 is 9.88 Å². The number of halogens is 1. The maximum atomic E-state index is 13.3. The van der Waals surface area contributed by atoms with Crippen LogP contribution in [-0.2, 0) is 6.54 Å². The van der Waals surface area contributed by atoms with Crippen LogP contribution >= 0.6 is 11.6 Å². The normalized spacial score (nSPS) is 10.8. The van der Waals surface area contributed by atoms with E-state index in [1.807, 2.05) is 38.1 Å². The summed E-state index contributed by atoms with van der Waals surface area (Å²) in [5.41, 5.74) is 3.79. The van der Waals surface area contributed by atoms with Crippen LogP contribution in [0.4, 0.5) is 5.69 Å². The number of pyridine rings is 1. The number of aromatic nitrogens is 1. The molecule has 5 heteroatoms. The predicted molar refractivity (Wildman–Crippen MR) is 129 cm³/mol. The zero-order valence-electron chi connectivity index (χ0n) is 18.4. The highest BCUT2D eigenvalue weighted by Crippen LogP contribution is 2.27. The Balaban J connectivity index is 2.13. The topological polar surface area (TPSA) is 51.1 Å². The third-order valence-corrected chi connectivity index (χ3v) is 5.72. The van der Waals surface area contributed by atoms with E-state index in [4.69, 9.17) is 11.6 Å². The molecule has 1 amide bonds. The van der Waals surface area contributed by atoms with Crippen LogP contribution in [0.15, 0.2) is 59.4 Å². The molecule has 0 aliphatic heterocycles. The highest BCUT2D eigenvalue weighted by atomic mass is 35.5. The van der Waals surface area contributed by atoms with Crippen molar-refractivity contribution in [2.75, 3.05) is 5.32 Å². The summed E-state index contributed by atoms with van der Waals surface area (Å²) >= 11 is 6.23. The first kappa shape index (κ1) is 22.8. The van der Waals surface area contributed by atoms with Crippen LogP contribution in [0.5, 0.6) is 0 Å². The summed E-state index contributed by atoms with van der Waals surface area (Å²) in [4.78, 5) is 26.4. The van der Waals surface area contributed by atoms with Crippen molar-refractivity contribution in [1.82, 2.24) is 4.57 Å². The number of para-hydroxylation sites is 1. The number of benzene rings is 2. The van der Waals surface area contributed by atoms with Gasteiger partial charge in [-0.25, -0.2) is 0 Å². The van der Waals surface area contributed by atoms with Crippen LogP contribution in [0.3, 0.4) is 0 Å². The van der Waals surface area contributed by atoms with Gasteiger partial charge in [0, 0.05) is 18.3 Å². The molecule has 0 saturated carbocycles. The molecule has 1 aromatic heterocycles. The number of unbranched alkanes of at least 4 members (excludes halogenated alkanes) is 3. The zero-order valence-corrected chi connectivity index (χ0v) is 19.1. The Kier molecular flexibility index (Phi) is 7.69. The van der Waals surface area contributed by atoms with E-state index in [0.29, 0.717) is 16.4 Å². The summed E-state index contributed by atoms with van der Waals surface area (Å²) < 4.78 is 2.10. The highest BCUT2D eigenvalue weighted by Gasteiger charge is 2.22. The van der Waals surface area contributed by atoms with E-state index < -0.39 is 5.91 Å². The van der Waals surface area contributed by atoms with Gasteiger partial charge in [-0.3, -0.25) is 9.59 Å². The lowest BCUT2D eigenvalue weighted by Gasteiger charge is -2.21. The second-order valence-corrected chi connectivity index (χ2v) is 8.30. The van der Waals surface area contributed by atoms with Gasteiger partial charge in [-0.15, -0.1) is 0 Å². The smallest absolute Gasteiger partial charge is 0.261 e. The quantitative estimate of drug-likeness (QED) is 0.403. The summed E-state index contributed by atoms with van der Waals surface area (Å²) in [6.45, 7) is 6.87. The fourth-order valence-corrected chi connectivity index (χ4v) is 4.00. The highest BCUT2D eigenvalue weighted by molar-refractivity contribution is 6.34. The van der Waals surface area contributed by atoms with Gasteiger partial charge in [0.25, 0.3) is 5.91 Å². The van der Waals surface area contributed by atoms with Crippen molar-refractivity contribution in [2.24, 2.45) is 0 Å².